The zero-order valence-corrected chi connectivity index (χ0v) is 11.4. The number of rotatable bonds is 2. The van der Waals surface area contributed by atoms with Crippen molar-refractivity contribution in [2.75, 3.05) is 0 Å². The quantitative estimate of drug-likeness (QED) is 0.790. The maximum absolute atomic E-state index is 11.3. The zero-order chi connectivity index (χ0) is 12.8. The van der Waals surface area contributed by atoms with Crippen LogP contribution < -0.4 is 0 Å². The van der Waals surface area contributed by atoms with Crippen molar-refractivity contribution in [2.24, 2.45) is 0 Å². The van der Waals surface area contributed by atoms with Crippen molar-refractivity contribution < 1.29 is 8.42 Å². The molecule has 0 N–H and O–H groups in total. The topological polar surface area (TPSA) is 52.0 Å². The summed E-state index contributed by atoms with van der Waals surface area (Å²) in [4.78, 5) is 0.105. The van der Waals surface area contributed by atoms with Crippen molar-refractivity contribution >= 4 is 30.6 Å². The largest absolute Gasteiger partial charge is 0.262 e. The predicted octanol–water partition coefficient (Wildman–Crippen LogP) is 2.85. The lowest BCUT2D eigenvalue weighted by atomic mass is 10.2. The predicted molar refractivity (Wildman–Crippen MR) is 67.9 cm³/mol. The summed E-state index contributed by atoms with van der Waals surface area (Å²) < 4.78 is 24.4. The van der Waals surface area contributed by atoms with Crippen LogP contribution in [0.3, 0.4) is 0 Å². The molecule has 17 heavy (non-hydrogen) atoms. The molecular weight excluding hydrogens is 260 g/mol. The molecule has 0 atom stereocenters. The Morgan fingerprint density at radius 2 is 2.00 bits per heavy atom. The van der Waals surface area contributed by atoms with Crippen LogP contribution in [0.2, 0.25) is 0 Å². The Morgan fingerprint density at radius 1 is 1.35 bits per heavy atom. The maximum atomic E-state index is 11.3. The SMILES string of the molecule is Cc1nn(C(C)C)c2cc(S(=O)(=O)Cl)ccc12. The van der Waals surface area contributed by atoms with Gasteiger partial charge < -0.3 is 0 Å². The standard InChI is InChI=1S/C11H13ClN2O2S/c1-7(2)14-11-6-9(17(12,15)16)4-5-10(11)8(3)13-14/h4-7H,1-3H3. The summed E-state index contributed by atoms with van der Waals surface area (Å²) in [7, 11) is 1.64. The molecule has 0 aliphatic carbocycles. The van der Waals surface area contributed by atoms with E-state index in [1.807, 2.05) is 20.8 Å². The van der Waals surface area contributed by atoms with Gasteiger partial charge >= 0.3 is 0 Å². The molecule has 0 fully saturated rings. The molecule has 0 amide bonds. The van der Waals surface area contributed by atoms with E-state index in [9.17, 15) is 8.42 Å². The number of hydrogen-bond acceptors (Lipinski definition) is 3. The van der Waals surface area contributed by atoms with Gasteiger partial charge in [-0.1, -0.05) is 0 Å². The van der Waals surface area contributed by atoms with E-state index in [0.29, 0.717) is 0 Å². The van der Waals surface area contributed by atoms with Gasteiger partial charge in [0.1, 0.15) is 0 Å². The van der Waals surface area contributed by atoms with Crippen molar-refractivity contribution in [3.63, 3.8) is 0 Å². The number of aryl methyl sites for hydroxylation is 1. The molecule has 0 aliphatic rings. The average molecular weight is 273 g/mol. The molecule has 0 saturated carbocycles. The van der Waals surface area contributed by atoms with Crippen LogP contribution in [0.4, 0.5) is 0 Å². The van der Waals surface area contributed by atoms with Gasteiger partial charge in [-0.3, -0.25) is 4.68 Å². The highest BCUT2D eigenvalue weighted by molar-refractivity contribution is 8.13. The molecule has 0 radical (unpaired) electrons. The average Bonchev–Trinajstić information content (AvgIpc) is 2.54. The monoisotopic (exact) mass is 272 g/mol. The van der Waals surface area contributed by atoms with Gasteiger partial charge in [-0.2, -0.15) is 5.10 Å². The second kappa shape index (κ2) is 3.99. The molecule has 4 nitrogen and oxygen atoms in total. The third-order valence-corrected chi connectivity index (χ3v) is 3.99. The number of fused-ring (bicyclic) bond motifs is 1. The Balaban J connectivity index is 2.80. The van der Waals surface area contributed by atoms with E-state index in [-0.39, 0.29) is 10.9 Å². The molecule has 6 heteroatoms. The first-order valence-corrected chi connectivity index (χ1v) is 7.55. The molecule has 1 aromatic heterocycles. The van der Waals surface area contributed by atoms with Crippen LogP contribution >= 0.6 is 10.7 Å². The Morgan fingerprint density at radius 3 is 2.53 bits per heavy atom. The van der Waals surface area contributed by atoms with E-state index >= 15 is 0 Å². The highest BCUT2D eigenvalue weighted by atomic mass is 35.7. The van der Waals surface area contributed by atoms with Crippen molar-refractivity contribution in [1.29, 1.82) is 0 Å². The lowest BCUT2D eigenvalue weighted by Crippen LogP contribution is -2.03. The Hall–Kier alpha value is -1.07. The highest BCUT2D eigenvalue weighted by Crippen LogP contribution is 2.25. The molecule has 0 bridgehead atoms. The van der Waals surface area contributed by atoms with Crippen LogP contribution in [0.25, 0.3) is 10.9 Å². The van der Waals surface area contributed by atoms with Gasteiger partial charge in [0.15, 0.2) is 0 Å². The molecule has 0 aliphatic heterocycles. The van der Waals surface area contributed by atoms with Gasteiger partial charge in [-0.05, 0) is 39.0 Å². The minimum atomic E-state index is -3.70. The summed E-state index contributed by atoms with van der Waals surface area (Å²) in [5.74, 6) is 0. The molecule has 92 valence electrons. The van der Waals surface area contributed by atoms with Gasteiger partial charge in [0.05, 0.1) is 16.1 Å². The molecular formula is C11H13ClN2O2S. The minimum absolute atomic E-state index is 0.105. The van der Waals surface area contributed by atoms with E-state index in [0.717, 1.165) is 16.6 Å². The van der Waals surface area contributed by atoms with Crippen LogP contribution in [0, 0.1) is 6.92 Å². The summed E-state index contributed by atoms with van der Waals surface area (Å²) in [6.07, 6.45) is 0. The van der Waals surface area contributed by atoms with Crippen LogP contribution in [0.5, 0.6) is 0 Å². The summed E-state index contributed by atoms with van der Waals surface area (Å²) in [5.41, 5.74) is 1.67. The molecule has 1 heterocycles. The van der Waals surface area contributed by atoms with E-state index in [1.165, 1.54) is 6.07 Å². The normalized spacial score (nSPS) is 12.5. The first-order chi connectivity index (χ1) is 7.80. The third-order valence-electron chi connectivity index (χ3n) is 2.63. The van der Waals surface area contributed by atoms with Crippen molar-refractivity contribution in [1.82, 2.24) is 9.78 Å². The second-order valence-corrected chi connectivity index (χ2v) is 6.81. The first-order valence-electron chi connectivity index (χ1n) is 5.24. The second-order valence-electron chi connectivity index (χ2n) is 4.24. The summed E-state index contributed by atoms with van der Waals surface area (Å²) in [6, 6.07) is 4.98. The van der Waals surface area contributed by atoms with Gasteiger partial charge in [-0.15, -0.1) is 0 Å². The summed E-state index contributed by atoms with van der Waals surface area (Å²) in [5, 5.41) is 5.34. The van der Waals surface area contributed by atoms with Crippen LogP contribution in [-0.2, 0) is 9.05 Å². The summed E-state index contributed by atoms with van der Waals surface area (Å²) in [6.45, 7) is 5.89. The van der Waals surface area contributed by atoms with Crippen LogP contribution in [0.1, 0.15) is 25.6 Å². The van der Waals surface area contributed by atoms with Crippen LogP contribution in [-0.4, -0.2) is 18.2 Å². The van der Waals surface area contributed by atoms with Crippen molar-refractivity contribution in [2.45, 2.75) is 31.7 Å². The van der Waals surface area contributed by atoms with E-state index in [4.69, 9.17) is 10.7 Å². The fourth-order valence-electron chi connectivity index (χ4n) is 1.82. The van der Waals surface area contributed by atoms with Gasteiger partial charge in [0.25, 0.3) is 9.05 Å². The fraction of sp³-hybridized carbons (Fsp3) is 0.364. The Kier molecular flexibility index (Phi) is 2.91. The number of aromatic nitrogens is 2. The fourth-order valence-corrected chi connectivity index (χ4v) is 2.59. The smallest absolute Gasteiger partial charge is 0.261 e. The van der Waals surface area contributed by atoms with Gasteiger partial charge in [0, 0.05) is 22.1 Å². The Bertz CT molecular complexity index is 674. The lowest BCUT2D eigenvalue weighted by molar-refractivity contribution is 0.546. The number of nitrogens with zero attached hydrogens (tertiary/aromatic N) is 2. The summed E-state index contributed by atoms with van der Waals surface area (Å²) >= 11 is 0. The highest BCUT2D eigenvalue weighted by Gasteiger charge is 2.15. The maximum Gasteiger partial charge on any atom is 0.261 e. The molecule has 2 rings (SSSR count). The molecule has 0 spiro atoms. The number of hydrogen-bond donors (Lipinski definition) is 0. The third kappa shape index (κ3) is 2.17. The van der Waals surface area contributed by atoms with Crippen LogP contribution in [0.15, 0.2) is 23.1 Å². The van der Waals surface area contributed by atoms with E-state index in [1.54, 1.807) is 16.8 Å². The van der Waals surface area contributed by atoms with Crippen molar-refractivity contribution in [3.05, 3.63) is 23.9 Å². The molecule has 0 unspecified atom stereocenters. The van der Waals surface area contributed by atoms with E-state index < -0.39 is 9.05 Å². The van der Waals surface area contributed by atoms with E-state index in [2.05, 4.69) is 5.10 Å². The Labute approximate surface area is 105 Å². The molecule has 0 saturated heterocycles. The first kappa shape index (κ1) is 12.4. The molecule has 1 aromatic carbocycles. The zero-order valence-electron chi connectivity index (χ0n) is 9.81. The van der Waals surface area contributed by atoms with Gasteiger partial charge in [0.2, 0.25) is 0 Å². The van der Waals surface area contributed by atoms with Gasteiger partial charge in [-0.25, -0.2) is 8.42 Å². The molecule has 2 aromatic rings. The number of benzene rings is 1. The minimum Gasteiger partial charge on any atom is -0.262 e. The number of halogens is 1. The lowest BCUT2D eigenvalue weighted by Gasteiger charge is -2.07. The van der Waals surface area contributed by atoms with Crippen molar-refractivity contribution in [3.8, 4) is 0 Å².